The number of nitrogens with one attached hydrogen (secondary N) is 2. The summed E-state index contributed by atoms with van der Waals surface area (Å²) in [7, 11) is 0. The second-order valence-electron chi connectivity index (χ2n) is 6.44. The van der Waals surface area contributed by atoms with Crippen LogP contribution in [0.4, 0.5) is 5.69 Å². The van der Waals surface area contributed by atoms with Crippen LogP contribution >= 0.6 is 0 Å². The van der Waals surface area contributed by atoms with Crippen molar-refractivity contribution in [2.24, 2.45) is 11.3 Å². The number of H-pyrrole nitrogens is 1. The summed E-state index contributed by atoms with van der Waals surface area (Å²) >= 11 is 0. The van der Waals surface area contributed by atoms with E-state index in [-0.39, 0.29) is 17.2 Å². The maximum absolute atomic E-state index is 12.1. The Bertz CT molecular complexity index is 512. The average molecular weight is 294 g/mol. The first-order chi connectivity index (χ1) is 9.66. The summed E-state index contributed by atoms with van der Waals surface area (Å²) in [4.78, 5) is 27.0. The molecular formula is C16H26N2O3. The summed E-state index contributed by atoms with van der Waals surface area (Å²) in [5, 5.41) is 2.80. The molecule has 0 saturated heterocycles. The van der Waals surface area contributed by atoms with Crippen molar-refractivity contribution < 1.29 is 14.3 Å². The Morgan fingerprint density at radius 2 is 2.00 bits per heavy atom. The Morgan fingerprint density at radius 3 is 2.52 bits per heavy atom. The molecule has 5 heteroatoms. The Morgan fingerprint density at radius 1 is 1.38 bits per heavy atom. The Kier molecular flexibility index (Phi) is 5.58. The summed E-state index contributed by atoms with van der Waals surface area (Å²) in [6.07, 6.45) is 2.04. The molecule has 0 aliphatic carbocycles. The average Bonchev–Trinajstić information content (AvgIpc) is 2.69. The number of aromatic nitrogens is 1. The van der Waals surface area contributed by atoms with Gasteiger partial charge in [0.1, 0.15) is 5.56 Å². The maximum atomic E-state index is 12.1. The van der Waals surface area contributed by atoms with E-state index in [0.29, 0.717) is 30.0 Å². The molecular weight excluding hydrogens is 268 g/mol. The zero-order valence-electron chi connectivity index (χ0n) is 13.8. The molecule has 0 bridgehead atoms. The minimum atomic E-state index is -0.421. The van der Waals surface area contributed by atoms with Crippen molar-refractivity contribution in [1.82, 2.24) is 4.98 Å². The summed E-state index contributed by atoms with van der Waals surface area (Å²) in [5.74, 6) is -0.277. The lowest BCUT2D eigenvalue weighted by atomic mass is 9.80. The van der Waals surface area contributed by atoms with Gasteiger partial charge in [-0.1, -0.05) is 27.7 Å². The van der Waals surface area contributed by atoms with E-state index < -0.39 is 5.97 Å². The number of anilines is 1. The Labute approximate surface area is 126 Å². The first kappa shape index (κ1) is 17.3. The second-order valence-corrected chi connectivity index (χ2v) is 6.44. The molecule has 0 saturated carbocycles. The van der Waals surface area contributed by atoms with Crippen LogP contribution in [-0.4, -0.2) is 23.5 Å². The van der Waals surface area contributed by atoms with Crippen LogP contribution in [0.1, 0.15) is 57.1 Å². The molecule has 21 heavy (non-hydrogen) atoms. The van der Waals surface area contributed by atoms with Crippen LogP contribution in [0.25, 0.3) is 0 Å². The van der Waals surface area contributed by atoms with Gasteiger partial charge in [0.2, 0.25) is 5.91 Å². The number of rotatable bonds is 5. The summed E-state index contributed by atoms with van der Waals surface area (Å²) in [6.45, 7) is 12.2. The third-order valence-electron chi connectivity index (χ3n) is 3.80. The van der Waals surface area contributed by atoms with E-state index in [9.17, 15) is 9.59 Å². The van der Waals surface area contributed by atoms with E-state index in [0.717, 1.165) is 0 Å². The standard InChI is InChI=1S/C16H26N2O3/c1-7-21-15(20)14-11(3)17-9-12(14)18-13(19)8-10(2)16(4,5)6/h9-10,17H,7-8H2,1-6H3,(H,18,19). The predicted molar refractivity (Wildman–Crippen MR) is 83.4 cm³/mol. The molecule has 1 aromatic heterocycles. The van der Waals surface area contributed by atoms with Gasteiger partial charge in [0.15, 0.2) is 0 Å². The molecule has 0 aliphatic rings. The lowest BCUT2D eigenvalue weighted by molar-refractivity contribution is -0.117. The largest absolute Gasteiger partial charge is 0.462 e. The smallest absolute Gasteiger partial charge is 0.342 e. The van der Waals surface area contributed by atoms with Crippen LogP contribution in [-0.2, 0) is 9.53 Å². The third kappa shape index (κ3) is 4.62. The quantitative estimate of drug-likeness (QED) is 0.816. The topological polar surface area (TPSA) is 71.2 Å². The lowest BCUT2D eigenvalue weighted by Crippen LogP contribution is -2.24. The van der Waals surface area contributed by atoms with Crippen LogP contribution in [0.2, 0.25) is 0 Å². The number of carbonyl (C=O) groups excluding carboxylic acids is 2. The number of aryl methyl sites for hydroxylation is 1. The highest BCUT2D eigenvalue weighted by Gasteiger charge is 2.24. The number of amides is 1. The zero-order chi connectivity index (χ0) is 16.2. The van der Waals surface area contributed by atoms with Gasteiger partial charge in [0.05, 0.1) is 12.3 Å². The van der Waals surface area contributed by atoms with Crippen molar-refractivity contribution in [3.63, 3.8) is 0 Å². The molecule has 1 aromatic rings. The molecule has 1 atom stereocenters. The van der Waals surface area contributed by atoms with Crippen LogP contribution in [0.5, 0.6) is 0 Å². The Balaban J connectivity index is 2.80. The van der Waals surface area contributed by atoms with Gasteiger partial charge in [0.25, 0.3) is 0 Å². The van der Waals surface area contributed by atoms with E-state index in [1.165, 1.54) is 0 Å². The molecule has 0 aliphatic heterocycles. The summed E-state index contributed by atoms with van der Waals surface area (Å²) in [5.41, 5.74) is 1.63. The SMILES string of the molecule is CCOC(=O)c1c(NC(=O)CC(C)C(C)(C)C)c[nH]c1C. The van der Waals surface area contributed by atoms with E-state index in [2.05, 4.69) is 31.1 Å². The molecule has 0 spiro atoms. The number of carbonyl (C=O) groups is 2. The number of ether oxygens (including phenoxy) is 1. The number of hydrogen-bond donors (Lipinski definition) is 2. The molecule has 0 fully saturated rings. The van der Waals surface area contributed by atoms with Gasteiger partial charge in [-0.15, -0.1) is 0 Å². The van der Waals surface area contributed by atoms with Gasteiger partial charge in [-0.2, -0.15) is 0 Å². The molecule has 2 N–H and O–H groups in total. The summed E-state index contributed by atoms with van der Waals surface area (Å²) < 4.78 is 5.01. The molecule has 1 heterocycles. The maximum Gasteiger partial charge on any atom is 0.342 e. The molecule has 0 radical (unpaired) electrons. The van der Waals surface area contributed by atoms with Gasteiger partial charge in [-0.25, -0.2) is 4.79 Å². The van der Waals surface area contributed by atoms with Crippen LogP contribution in [0, 0.1) is 18.3 Å². The fourth-order valence-electron chi connectivity index (χ4n) is 1.88. The molecule has 118 valence electrons. The first-order valence-electron chi connectivity index (χ1n) is 7.31. The van der Waals surface area contributed by atoms with Crippen molar-refractivity contribution in [1.29, 1.82) is 0 Å². The number of hydrogen-bond acceptors (Lipinski definition) is 3. The minimum Gasteiger partial charge on any atom is -0.462 e. The third-order valence-corrected chi connectivity index (χ3v) is 3.80. The van der Waals surface area contributed by atoms with Crippen molar-refractivity contribution in [2.45, 2.75) is 48.0 Å². The monoisotopic (exact) mass is 294 g/mol. The zero-order valence-corrected chi connectivity index (χ0v) is 13.8. The minimum absolute atomic E-state index is 0.0649. The molecule has 1 amide bonds. The fourth-order valence-corrected chi connectivity index (χ4v) is 1.88. The molecule has 0 aromatic carbocycles. The summed E-state index contributed by atoms with van der Waals surface area (Å²) in [6, 6.07) is 0. The van der Waals surface area contributed by atoms with Gasteiger partial charge in [-0.3, -0.25) is 4.79 Å². The van der Waals surface area contributed by atoms with Crippen molar-refractivity contribution in [3.05, 3.63) is 17.5 Å². The van der Waals surface area contributed by atoms with Gasteiger partial charge in [-0.05, 0) is 25.2 Å². The van der Waals surface area contributed by atoms with E-state index in [4.69, 9.17) is 4.74 Å². The van der Waals surface area contributed by atoms with Gasteiger partial charge < -0.3 is 15.0 Å². The highest BCUT2D eigenvalue weighted by molar-refractivity contribution is 6.02. The highest BCUT2D eigenvalue weighted by atomic mass is 16.5. The molecule has 1 unspecified atom stereocenters. The van der Waals surface area contributed by atoms with Crippen LogP contribution < -0.4 is 5.32 Å². The van der Waals surface area contributed by atoms with Crippen molar-refractivity contribution in [3.8, 4) is 0 Å². The van der Waals surface area contributed by atoms with E-state index in [1.807, 2.05) is 6.92 Å². The van der Waals surface area contributed by atoms with Crippen molar-refractivity contribution in [2.75, 3.05) is 11.9 Å². The second kappa shape index (κ2) is 6.78. The lowest BCUT2D eigenvalue weighted by Gasteiger charge is -2.26. The number of esters is 1. The predicted octanol–water partition coefficient (Wildman–Crippen LogP) is 3.51. The normalized spacial score (nSPS) is 12.9. The van der Waals surface area contributed by atoms with E-state index in [1.54, 1.807) is 20.0 Å². The van der Waals surface area contributed by atoms with Gasteiger partial charge >= 0.3 is 5.97 Å². The number of aromatic amines is 1. The fraction of sp³-hybridized carbons (Fsp3) is 0.625. The van der Waals surface area contributed by atoms with Crippen LogP contribution in [0.3, 0.4) is 0 Å². The first-order valence-corrected chi connectivity index (χ1v) is 7.31. The van der Waals surface area contributed by atoms with Crippen molar-refractivity contribution >= 4 is 17.6 Å². The van der Waals surface area contributed by atoms with Crippen LogP contribution in [0.15, 0.2) is 6.20 Å². The van der Waals surface area contributed by atoms with Gasteiger partial charge in [0, 0.05) is 18.3 Å². The Hall–Kier alpha value is -1.78. The van der Waals surface area contributed by atoms with E-state index >= 15 is 0 Å². The molecule has 5 nitrogen and oxygen atoms in total. The highest BCUT2D eigenvalue weighted by Crippen LogP contribution is 2.29. The molecule has 1 rings (SSSR count).